The van der Waals surface area contributed by atoms with E-state index in [1.807, 2.05) is 30.3 Å². The van der Waals surface area contributed by atoms with E-state index in [0.717, 1.165) is 18.8 Å². The maximum Gasteiger partial charge on any atom is 0.119 e. The molecule has 1 rings (SSSR count). The summed E-state index contributed by atoms with van der Waals surface area (Å²) in [6.45, 7) is 11.0. The SMILES string of the molecule is CCCCCCCCCCCCCCCOCCOCCOCCOCCOCCOCCOCCOc1ccccc1. The van der Waals surface area contributed by atoms with Crippen LogP contribution in [0.25, 0.3) is 0 Å². The van der Waals surface area contributed by atoms with Crippen LogP contribution in [0.4, 0.5) is 0 Å². The van der Waals surface area contributed by atoms with Crippen LogP contribution in [0.15, 0.2) is 30.3 Å². The largest absolute Gasteiger partial charge is 0.491 e. The maximum atomic E-state index is 5.67. The van der Waals surface area contributed by atoms with Crippen molar-refractivity contribution in [2.24, 2.45) is 0 Å². The monoisotopic (exact) mass is 612 g/mol. The Balaban J connectivity index is 1.61. The van der Waals surface area contributed by atoms with Crippen LogP contribution in [0.1, 0.15) is 90.4 Å². The van der Waals surface area contributed by atoms with Gasteiger partial charge in [0.25, 0.3) is 0 Å². The molecular formula is C35H64O8. The molecule has 0 heterocycles. The Morgan fingerprint density at radius 3 is 1.00 bits per heavy atom. The first-order chi connectivity index (χ1) is 21.4. The third kappa shape index (κ3) is 32.0. The van der Waals surface area contributed by atoms with Gasteiger partial charge in [0.15, 0.2) is 0 Å². The molecule has 0 fully saturated rings. The molecule has 0 unspecified atom stereocenters. The molecule has 0 N–H and O–H groups in total. The van der Waals surface area contributed by atoms with E-state index in [2.05, 4.69) is 6.92 Å². The van der Waals surface area contributed by atoms with Gasteiger partial charge in [-0.1, -0.05) is 102 Å². The summed E-state index contributed by atoms with van der Waals surface area (Å²) in [6.07, 6.45) is 17.8. The number of hydrogen-bond acceptors (Lipinski definition) is 8. The first-order valence-electron chi connectivity index (χ1n) is 17.2. The summed E-state index contributed by atoms with van der Waals surface area (Å²) >= 11 is 0. The molecule has 0 saturated heterocycles. The Hall–Kier alpha value is -1.26. The van der Waals surface area contributed by atoms with Gasteiger partial charge in [0.1, 0.15) is 12.4 Å². The highest BCUT2D eigenvalue weighted by Gasteiger charge is 1.97. The van der Waals surface area contributed by atoms with Crippen molar-refractivity contribution in [3.63, 3.8) is 0 Å². The molecule has 1 aromatic rings. The lowest BCUT2D eigenvalue weighted by atomic mass is 10.0. The number of hydrogen-bond donors (Lipinski definition) is 0. The maximum absolute atomic E-state index is 5.67. The third-order valence-corrected chi connectivity index (χ3v) is 6.86. The van der Waals surface area contributed by atoms with Gasteiger partial charge in [0, 0.05) is 6.61 Å². The van der Waals surface area contributed by atoms with Crippen LogP contribution in [0.5, 0.6) is 5.75 Å². The topological polar surface area (TPSA) is 73.8 Å². The molecule has 0 aliphatic heterocycles. The molecule has 1 aromatic carbocycles. The van der Waals surface area contributed by atoms with Crippen molar-refractivity contribution in [2.45, 2.75) is 90.4 Å². The van der Waals surface area contributed by atoms with Gasteiger partial charge < -0.3 is 37.9 Å². The molecule has 43 heavy (non-hydrogen) atoms. The van der Waals surface area contributed by atoms with Gasteiger partial charge in [-0.05, 0) is 18.6 Å². The fourth-order valence-electron chi connectivity index (χ4n) is 4.38. The Kier molecular flexibility index (Phi) is 32.6. The number of rotatable bonds is 36. The normalized spacial score (nSPS) is 11.4. The quantitative estimate of drug-likeness (QED) is 0.0733. The average molecular weight is 613 g/mol. The number of para-hydroxylation sites is 1. The van der Waals surface area contributed by atoms with Crippen molar-refractivity contribution >= 4 is 0 Å². The Morgan fingerprint density at radius 1 is 0.326 bits per heavy atom. The molecule has 0 saturated carbocycles. The predicted molar refractivity (Wildman–Crippen MR) is 173 cm³/mol. The van der Waals surface area contributed by atoms with Gasteiger partial charge in [0.2, 0.25) is 0 Å². The minimum Gasteiger partial charge on any atom is -0.491 e. The van der Waals surface area contributed by atoms with Gasteiger partial charge in [-0.15, -0.1) is 0 Å². The molecule has 0 amide bonds. The molecule has 8 heteroatoms. The molecule has 0 aliphatic carbocycles. The molecule has 8 nitrogen and oxygen atoms in total. The zero-order valence-corrected chi connectivity index (χ0v) is 27.5. The average Bonchev–Trinajstić information content (AvgIpc) is 3.03. The second-order valence-electron chi connectivity index (χ2n) is 10.7. The molecule has 252 valence electrons. The minimum absolute atomic E-state index is 0.529. The first kappa shape index (κ1) is 39.8. The highest BCUT2D eigenvalue weighted by Crippen LogP contribution is 2.12. The zero-order valence-electron chi connectivity index (χ0n) is 27.5. The summed E-state index contributed by atoms with van der Waals surface area (Å²) in [6, 6.07) is 9.72. The van der Waals surface area contributed by atoms with E-state index in [4.69, 9.17) is 37.9 Å². The van der Waals surface area contributed by atoms with Crippen LogP contribution < -0.4 is 4.74 Å². The van der Waals surface area contributed by atoms with Crippen LogP contribution in [-0.4, -0.2) is 99.1 Å². The number of benzene rings is 1. The summed E-state index contributed by atoms with van der Waals surface area (Å²) in [5.74, 6) is 0.854. The molecule has 0 aliphatic rings. The van der Waals surface area contributed by atoms with Gasteiger partial charge in [-0.25, -0.2) is 0 Å². The lowest BCUT2D eigenvalue weighted by Gasteiger charge is -2.09. The summed E-state index contributed by atoms with van der Waals surface area (Å²) in [4.78, 5) is 0. The lowest BCUT2D eigenvalue weighted by molar-refractivity contribution is -0.0213. The molecule has 0 atom stereocenters. The second-order valence-corrected chi connectivity index (χ2v) is 10.7. The van der Waals surface area contributed by atoms with E-state index in [1.54, 1.807) is 0 Å². The van der Waals surface area contributed by atoms with Crippen molar-refractivity contribution in [1.29, 1.82) is 0 Å². The van der Waals surface area contributed by atoms with Gasteiger partial charge in [-0.3, -0.25) is 0 Å². The van der Waals surface area contributed by atoms with E-state index in [1.165, 1.54) is 77.0 Å². The standard InChI is InChI=1S/C35H64O8/c1-2-3-4-5-6-7-8-9-10-11-12-13-17-20-36-21-22-37-23-24-38-25-26-39-27-28-40-29-30-41-31-32-42-33-34-43-35-18-15-14-16-19-35/h14-16,18-19H,2-13,17,20-34H2,1H3. The van der Waals surface area contributed by atoms with E-state index in [-0.39, 0.29) is 0 Å². The highest BCUT2D eigenvalue weighted by molar-refractivity contribution is 5.20. The van der Waals surface area contributed by atoms with Crippen molar-refractivity contribution < 1.29 is 37.9 Å². The minimum atomic E-state index is 0.529. The summed E-state index contributed by atoms with van der Waals surface area (Å²) in [7, 11) is 0. The van der Waals surface area contributed by atoms with E-state index >= 15 is 0 Å². The van der Waals surface area contributed by atoms with Crippen molar-refractivity contribution in [2.75, 3.05) is 99.1 Å². The molecule has 0 radical (unpaired) electrons. The van der Waals surface area contributed by atoms with Gasteiger partial charge in [0.05, 0.1) is 85.9 Å². The Bertz CT molecular complexity index is 634. The first-order valence-corrected chi connectivity index (χ1v) is 17.2. The second kappa shape index (κ2) is 35.2. The number of unbranched alkanes of at least 4 members (excludes halogenated alkanes) is 12. The van der Waals surface area contributed by atoms with Crippen LogP contribution in [0.3, 0.4) is 0 Å². The van der Waals surface area contributed by atoms with Crippen LogP contribution in [0.2, 0.25) is 0 Å². The van der Waals surface area contributed by atoms with E-state index in [9.17, 15) is 0 Å². The summed E-state index contributed by atoms with van der Waals surface area (Å²) in [5.41, 5.74) is 0. The highest BCUT2D eigenvalue weighted by atomic mass is 16.6. The zero-order chi connectivity index (χ0) is 30.6. The third-order valence-electron chi connectivity index (χ3n) is 6.86. The van der Waals surface area contributed by atoms with E-state index in [0.29, 0.717) is 92.5 Å². The molecule has 0 spiro atoms. The molecular weight excluding hydrogens is 548 g/mol. The predicted octanol–water partition coefficient (Wildman–Crippen LogP) is 7.27. The Labute approximate surface area is 263 Å². The van der Waals surface area contributed by atoms with Gasteiger partial charge >= 0.3 is 0 Å². The fraction of sp³-hybridized carbons (Fsp3) is 0.829. The van der Waals surface area contributed by atoms with Crippen LogP contribution in [0, 0.1) is 0 Å². The smallest absolute Gasteiger partial charge is 0.119 e. The van der Waals surface area contributed by atoms with Crippen LogP contribution >= 0.6 is 0 Å². The van der Waals surface area contributed by atoms with Gasteiger partial charge in [-0.2, -0.15) is 0 Å². The van der Waals surface area contributed by atoms with Crippen LogP contribution in [-0.2, 0) is 33.2 Å². The summed E-state index contributed by atoms with van der Waals surface area (Å²) in [5, 5.41) is 0. The van der Waals surface area contributed by atoms with Crippen molar-refractivity contribution in [1.82, 2.24) is 0 Å². The molecule has 0 bridgehead atoms. The Morgan fingerprint density at radius 2 is 0.628 bits per heavy atom. The fourth-order valence-corrected chi connectivity index (χ4v) is 4.38. The van der Waals surface area contributed by atoms with E-state index < -0.39 is 0 Å². The summed E-state index contributed by atoms with van der Waals surface area (Å²) < 4.78 is 44.3. The van der Waals surface area contributed by atoms with Crippen molar-refractivity contribution in [3.05, 3.63) is 30.3 Å². The number of ether oxygens (including phenoxy) is 8. The molecule has 0 aromatic heterocycles. The van der Waals surface area contributed by atoms with Crippen molar-refractivity contribution in [3.8, 4) is 5.75 Å². The lowest BCUT2D eigenvalue weighted by Crippen LogP contribution is -2.15.